The summed E-state index contributed by atoms with van der Waals surface area (Å²) in [5.74, 6) is 0.582. The molecule has 2 heterocycles. The van der Waals surface area contributed by atoms with Crippen molar-refractivity contribution in [3.05, 3.63) is 66.3 Å². The summed E-state index contributed by atoms with van der Waals surface area (Å²) >= 11 is 1.51. The second-order valence-corrected chi connectivity index (χ2v) is 6.37. The van der Waals surface area contributed by atoms with Gasteiger partial charge in [0.05, 0.1) is 17.6 Å². The van der Waals surface area contributed by atoms with Crippen LogP contribution in [0.2, 0.25) is 0 Å². The third-order valence-electron chi connectivity index (χ3n) is 3.84. The van der Waals surface area contributed by atoms with Gasteiger partial charge in [-0.15, -0.1) is 11.3 Å². The summed E-state index contributed by atoms with van der Waals surface area (Å²) in [7, 11) is 1.57. The number of hydrogen-bond acceptors (Lipinski definition) is 6. The van der Waals surface area contributed by atoms with Crippen molar-refractivity contribution in [3.8, 4) is 26.8 Å². The molecule has 0 spiro atoms. The second-order valence-electron chi connectivity index (χ2n) is 5.34. The third-order valence-corrected chi connectivity index (χ3v) is 4.92. The number of benzene rings is 2. The van der Waals surface area contributed by atoms with Crippen molar-refractivity contribution in [1.29, 1.82) is 0 Å². The molecule has 1 N–H and O–H groups in total. The van der Waals surface area contributed by atoms with Gasteiger partial charge in [-0.25, -0.2) is 4.98 Å². The molecule has 4 rings (SSSR count). The van der Waals surface area contributed by atoms with E-state index in [0.717, 1.165) is 20.8 Å². The summed E-state index contributed by atoms with van der Waals surface area (Å²) in [4.78, 5) is 5.51. The number of ether oxygens (including phenoxy) is 1. The summed E-state index contributed by atoms with van der Waals surface area (Å²) in [6, 6.07) is 17.5. The maximum Gasteiger partial charge on any atom is 0.266 e. The molecule has 0 bridgehead atoms. The van der Waals surface area contributed by atoms with Crippen molar-refractivity contribution in [2.24, 2.45) is 5.16 Å². The number of aromatic nitrogens is 1. The average Bonchev–Trinajstić information content (AvgIpc) is 3.17. The molecule has 2 aromatic heterocycles. The predicted octanol–water partition coefficient (Wildman–Crippen LogP) is 4.52. The van der Waals surface area contributed by atoms with Gasteiger partial charge in [-0.3, -0.25) is 0 Å². The monoisotopic (exact) mass is 350 g/mol. The molecule has 0 aliphatic carbocycles. The van der Waals surface area contributed by atoms with Crippen LogP contribution in [0.1, 0.15) is 0 Å². The zero-order chi connectivity index (χ0) is 17.2. The Balaban J connectivity index is 1.89. The van der Waals surface area contributed by atoms with Crippen molar-refractivity contribution >= 4 is 22.3 Å². The molecule has 0 aliphatic heterocycles. The summed E-state index contributed by atoms with van der Waals surface area (Å²) in [5, 5.41) is 14.3. The number of rotatable bonds is 3. The van der Waals surface area contributed by atoms with Crippen molar-refractivity contribution in [2.45, 2.75) is 0 Å². The fraction of sp³-hybridized carbons (Fsp3) is 0.0526. The van der Waals surface area contributed by atoms with E-state index in [1.54, 1.807) is 13.2 Å². The van der Waals surface area contributed by atoms with Crippen LogP contribution in [0.25, 0.3) is 32.0 Å². The van der Waals surface area contributed by atoms with Crippen molar-refractivity contribution in [3.63, 3.8) is 0 Å². The fourth-order valence-corrected chi connectivity index (χ4v) is 3.58. The van der Waals surface area contributed by atoms with Crippen LogP contribution in [0.3, 0.4) is 0 Å². The molecule has 0 atom stereocenters. The highest BCUT2D eigenvalue weighted by Crippen LogP contribution is 2.33. The van der Waals surface area contributed by atoms with E-state index in [-0.39, 0.29) is 5.55 Å². The number of methoxy groups -OCH3 is 1. The molecule has 2 aromatic carbocycles. The summed E-state index contributed by atoms with van der Waals surface area (Å²) in [5.41, 5.74) is 2.36. The van der Waals surface area contributed by atoms with Crippen LogP contribution >= 0.6 is 11.3 Å². The molecule has 4 aromatic rings. The normalized spacial score (nSPS) is 11.8. The van der Waals surface area contributed by atoms with Gasteiger partial charge in [0.25, 0.3) is 5.55 Å². The Morgan fingerprint density at radius 3 is 2.72 bits per heavy atom. The van der Waals surface area contributed by atoms with Gasteiger partial charge in [-0.2, -0.15) is 0 Å². The first-order chi connectivity index (χ1) is 12.3. The maximum atomic E-state index is 9.39. The standard InChI is InChI=1S/C19H14N2O3S/c1-23-15-9-5-8-13-10-14(18(21-22)24-17(13)15)19-20-11-16(25-19)12-6-3-2-4-7-12/h2-11,22H,1H3/b21-18-. The molecule has 0 fully saturated rings. The van der Waals surface area contributed by atoms with E-state index in [2.05, 4.69) is 10.1 Å². The van der Waals surface area contributed by atoms with Gasteiger partial charge in [-0.05, 0) is 22.9 Å². The van der Waals surface area contributed by atoms with Gasteiger partial charge in [0.15, 0.2) is 11.3 Å². The number of hydrogen-bond donors (Lipinski definition) is 1. The number of nitrogens with zero attached hydrogens (tertiary/aromatic N) is 2. The Morgan fingerprint density at radius 2 is 1.96 bits per heavy atom. The van der Waals surface area contributed by atoms with Gasteiger partial charge >= 0.3 is 0 Å². The molecule has 0 unspecified atom stereocenters. The lowest BCUT2D eigenvalue weighted by molar-refractivity contribution is 0.276. The third kappa shape index (κ3) is 2.77. The SMILES string of the molecule is COc1cccc2cc(-c3ncc(-c4ccccc4)s3)/c(=N/O)oc12. The fourth-order valence-electron chi connectivity index (χ4n) is 2.65. The van der Waals surface area contributed by atoms with Crippen LogP contribution in [0.15, 0.2) is 70.4 Å². The van der Waals surface area contributed by atoms with Gasteiger partial charge in [0.1, 0.15) is 5.01 Å². The Labute approximate surface area is 147 Å². The van der Waals surface area contributed by atoms with E-state index in [4.69, 9.17) is 9.15 Å². The summed E-state index contributed by atoms with van der Waals surface area (Å²) in [6.07, 6.45) is 1.81. The molecule has 0 saturated carbocycles. The summed E-state index contributed by atoms with van der Waals surface area (Å²) in [6.45, 7) is 0. The Morgan fingerprint density at radius 1 is 1.12 bits per heavy atom. The molecule has 0 amide bonds. The molecular weight excluding hydrogens is 336 g/mol. The summed E-state index contributed by atoms with van der Waals surface area (Å²) < 4.78 is 11.1. The smallest absolute Gasteiger partial charge is 0.266 e. The number of para-hydroxylation sites is 1. The van der Waals surface area contributed by atoms with Crippen molar-refractivity contribution in [2.75, 3.05) is 7.11 Å². The molecule has 0 saturated heterocycles. The van der Waals surface area contributed by atoms with Crippen LogP contribution in [-0.4, -0.2) is 17.3 Å². The molecule has 6 heteroatoms. The first-order valence-electron chi connectivity index (χ1n) is 7.61. The molecule has 0 aliphatic rings. The highest BCUT2D eigenvalue weighted by molar-refractivity contribution is 7.18. The first kappa shape index (κ1) is 15.4. The molecule has 25 heavy (non-hydrogen) atoms. The van der Waals surface area contributed by atoms with Gasteiger partial charge in [0, 0.05) is 11.6 Å². The van der Waals surface area contributed by atoms with Crippen LogP contribution < -0.4 is 10.3 Å². The van der Waals surface area contributed by atoms with Crippen molar-refractivity contribution in [1.82, 2.24) is 4.98 Å². The first-order valence-corrected chi connectivity index (χ1v) is 8.42. The minimum Gasteiger partial charge on any atom is -0.493 e. The van der Waals surface area contributed by atoms with Crippen molar-refractivity contribution < 1.29 is 14.4 Å². The minimum atomic E-state index is 0.103. The van der Waals surface area contributed by atoms with Crippen LogP contribution in [-0.2, 0) is 0 Å². The largest absolute Gasteiger partial charge is 0.493 e. The van der Waals surface area contributed by atoms with E-state index in [1.165, 1.54) is 11.3 Å². The lowest BCUT2D eigenvalue weighted by Crippen LogP contribution is -2.05. The molecular formula is C19H14N2O3S. The quantitative estimate of drug-likeness (QED) is 0.436. The molecule has 0 radical (unpaired) electrons. The van der Waals surface area contributed by atoms with Crippen LogP contribution in [0.4, 0.5) is 0 Å². The van der Waals surface area contributed by atoms with E-state index >= 15 is 0 Å². The lowest BCUT2D eigenvalue weighted by Gasteiger charge is -2.05. The molecule has 124 valence electrons. The van der Waals surface area contributed by atoms with E-state index in [0.29, 0.717) is 16.9 Å². The second kappa shape index (κ2) is 6.41. The average molecular weight is 350 g/mol. The Bertz CT molecular complexity index is 1100. The Hall–Kier alpha value is -3.12. The number of thiazole rings is 1. The van der Waals surface area contributed by atoms with Crippen LogP contribution in [0, 0.1) is 0 Å². The highest BCUT2D eigenvalue weighted by atomic mass is 32.1. The van der Waals surface area contributed by atoms with Crippen LogP contribution in [0.5, 0.6) is 5.75 Å². The number of fused-ring (bicyclic) bond motifs is 1. The highest BCUT2D eigenvalue weighted by Gasteiger charge is 2.14. The zero-order valence-corrected chi connectivity index (χ0v) is 14.2. The van der Waals surface area contributed by atoms with E-state index in [1.807, 2.05) is 54.7 Å². The Kier molecular flexibility index (Phi) is 3.95. The zero-order valence-electron chi connectivity index (χ0n) is 13.3. The van der Waals surface area contributed by atoms with Gasteiger partial charge in [0.2, 0.25) is 0 Å². The van der Waals surface area contributed by atoms with E-state index < -0.39 is 0 Å². The minimum absolute atomic E-state index is 0.103. The lowest BCUT2D eigenvalue weighted by atomic mass is 10.2. The maximum absolute atomic E-state index is 9.39. The van der Waals surface area contributed by atoms with Gasteiger partial charge in [-0.1, -0.05) is 42.5 Å². The predicted molar refractivity (Wildman–Crippen MR) is 96.7 cm³/mol. The topological polar surface area (TPSA) is 67.9 Å². The molecule has 5 nitrogen and oxygen atoms in total. The van der Waals surface area contributed by atoms with Gasteiger partial charge < -0.3 is 14.4 Å². The van der Waals surface area contributed by atoms with E-state index in [9.17, 15) is 5.21 Å².